The van der Waals surface area contributed by atoms with Crippen molar-refractivity contribution in [3.05, 3.63) is 0 Å². The van der Waals surface area contributed by atoms with E-state index in [1.54, 1.807) is 6.92 Å². The van der Waals surface area contributed by atoms with Gasteiger partial charge in [0.05, 0.1) is 6.61 Å². The number of nitrogens with zero attached hydrogens (tertiary/aromatic N) is 1. The van der Waals surface area contributed by atoms with Gasteiger partial charge in [-0.25, -0.2) is 4.79 Å². The van der Waals surface area contributed by atoms with E-state index in [9.17, 15) is 14.4 Å². The first-order valence-electron chi connectivity index (χ1n) is 7.27. The summed E-state index contributed by atoms with van der Waals surface area (Å²) in [6.45, 7) is 4.37. The van der Waals surface area contributed by atoms with Gasteiger partial charge in [0.2, 0.25) is 0 Å². The van der Waals surface area contributed by atoms with Gasteiger partial charge in [0, 0.05) is 20.0 Å². The normalized spacial score (nSPS) is 11.6. The lowest BCUT2D eigenvalue weighted by molar-refractivity contribution is -0.143. The Morgan fingerprint density at radius 1 is 1.24 bits per heavy atom. The predicted molar refractivity (Wildman–Crippen MR) is 77.9 cm³/mol. The lowest BCUT2D eigenvalue weighted by Gasteiger charge is -2.18. The average Bonchev–Trinajstić information content (AvgIpc) is 2.42. The first kappa shape index (κ1) is 19.2. The van der Waals surface area contributed by atoms with Crippen molar-refractivity contribution >= 4 is 18.0 Å². The zero-order chi connectivity index (χ0) is 16.3. The van der Waals surface area contributed by atoms with Gasteiger partial charge < -0.3 is 20.1 Å². The van der Waals surface area contributed by atoms with Crippen LogP contribution >= 0.6 is 0 Å². The highest BCUT2D eigenvalue weighted by Crippen LogP contribution is 2.14. The fraction of sp³-hybridized carbons (Fsp3) is 0.786. The van der Waals surface area contributed by atoms with Crippen molar-refractivity contribution in [1.82, 2.24) is 10.2 Å². The molecule has 7 nitrogen and oxygen atoms in total. The van der Waals surface area contributed by atoms with Crippen LogP contribution in [-0.4, -0.2) is 54.7 Å². The fourth-order valence-electron chi connectivity index (χ4n) is 1.87. The number of hydrogen-bond donors (Lipinski definition) is 2. The van der Waals surface area contributed by atoms with Crippen LogP contribution in [0.25, 0.3) is 0 Å². The summed E-state index contributed by atoms with van der Waals surface area (Å²) in [5.74, 6) is -0.966. The van der Waals surface area contributed by atoms with Crippen LogP contribution in [0, 0.1) is 5.92 Å². The Morgan fingerprint density at radius 3 is 2.43 bits per heavy atom. The fourth-order valence-corrected chi connectivity index (χ4v) is 1.87. The maximum Gasteiger partial charge on any atom is 0.325 e. The molecule has 0 aromatic carbocycles. The molecule has 0 heterocycles. The maximum atomic E-state index is 11.7. The average molecular weight is 302 g/mol. The van der Waals surface area contributed by atoms with E-state index in [0.717, 1.165) is 12.8 Å². The number of urea groups is 1. The molecule has 0 rings (SSSR count). The molecular formula is C14H26N2O5. The zero-order valence-corrected chi connectivity index (χ0v) is 13.1. The van der Waals surface area contributed by atoms with Gasteiger partial charge in [-0.1, -0.05) is 13.3 Å². The van der Waals surface area contributed by atoms with E-state index in [1.165, 1.54) is 11.9 Å². The zero-order valence-electron chi connectivity index (χ0n) is 13.1. The Hall–Kier alpha value is -1.79. The molecule has 0 saturated heterocycles. The molecule has 0 fully saturated rings. The molecule has 2 N–H and O–H groups in total. The Labute approximate surface area is 125 Å². The molecule has 1 atom stereocenters. The van der Waals surface area contributed by atoms with E-state index in [4.69, 9.17) is 9.84 Å². The second-order valence-corrected chi connectivity index (χ2v) is 4.89. The molecule has 0 aliphatic carbocycles. The molecule has 21 heavy (non-hydrogen) atoms. The van der Waals surface area contributed by atoms with Gasteiger partial charge in [0.25, 0.3) is 0 Å². The second kappa shape index (κ2) is 10.9. The van der Waals surface area contributed by atoms with E-state index in [-0.39, 0.29) is 31.5 Å². The summed E-state index contributed by atoms with van der Waals surface area (Å²) in [6, 6.07) is -0.337. The lowest BCUT2D eigenvalue weighted by Crippen LogP contribution is -2.41. The Bertz CT molecular complexity index is 346. The molecule has 0 aliphatic rings. The number of hydrogen-bond acceptors (Lipinski definition) is 4. The first-order chi connectivity index (χ1) is 9.90. The molecule has 122 valence electrons. The van der Waals surface area contributed by atoms with Crippen LogP contribution in [0.2, 0.25) is 0 Å². The van der Waals surface area contributed by atoms with E-state index >= 15 is 0 Å². The summed E-state index contributed by atoms with van der Waals surface area (Å²) in [5, 5.41) is 11.4. The number of nitrogens with one attached hydrogen (secondary N) is 1. The predicted octanol–water partition coefficient (Wildman–Crippen LogP) is 1.47. The number of aliphatic carboxylic acids is 1. The number of rotatable bonds is 10. The lowest BCUT2D eigenvalue weighted by atomic mass is 9.97. The van der Waals surface area contributed by atoms with Gasteiger partial charge in [0.15, 0.2) is 0 Å². The van der Waals surface area contributed by atoms with Crippen LogP contribution in [0.15, 0.2) is 0 Å². The van der Waals surface area contributed by atoms with Gasteiger partial charge >= 0.3 is 18.0 Å². The van der Waals surface area contributed by atoms with Crippen LogP contribution in [0.1, 0.15) is 39.5 Å². The third kappa shape index (κ3) is 9.70. The molecule has 2 amide bonds. The van der Waals surface area contributed by atoms with E-state index < -0.39 is 11.9 Å². The summed E-state index contributed by atoms with van der Waals surface area (Å²) < 4.78 is 4.76. The Balaban J connectivity index is 3.95. The van der Waals surface area contributed by atoms with Crippen molar-refractivity contribution in [3.8, 4) is 0 Å². The van der Waals surface area contributed by atoms with Crippen LogP contribution < -0.4 is 5.32 Å². The first-order valence-corrected chi connectivity index (χ1v) is 7.27. The minimum absolute atomic E-state index is 0.0874. The smallest absolute Gasteiger partial charge is 0.325 e. The maximum absolute atomic E-state index is 11.7. The van der Waals surface area contributed by atoms with Crippen molar-refractivity contribution in [3.63, 3.8) is 0 Å². The van der Waals surface area contributed by atoms with Gasteiger partial charge in [-0.2, -0.15) is 0 Å². The van der Waals surface area contributed by atoms with Gasteiger partial charge in [-0.15, -0.1) is 0 Å². The van der Waals surface area contributed by atoms with Crippen LogP contribution in [-0.2, 0) is 14.3 Å². The highest BCUT2D eigenvalue weighted by Gasteiger charge is 2.14. The molecule has 0 aliphatic heterocycles. The highest BCUT2D eigenvalue weighted by atomic mass is 16.5. The summed E-state index contributed by atoms with van der Waals surface area (Å²) >= 11 is 0. The van der Waals surface area contributed by atoms with Crippen LogP contribution in [0.5, 0.6) is 0 Å². The standard InChI is InChI=1S/C14H26N2O5/c1-4-11(6-7-12(17)18)8-9-15-14(20)16(3)10-13(19)21-5-2/h11H,4-10H2,1-3H3,(H,15,20)(H,17,18). The van der Waals surface area contributed by atoms with Crippen LogP contribution in [0.4, 0.5) is 4.79 Å². The summed E-state index contributed by atoms with van der Waals surface area (Å²) in [4.78, 5) is 34.8. The number of ether oxygens (including phenoxy) is 1. The number of likely N-dealkylation sites (N-methyl/N-ethyl adjacent to an activating group) is 1. The molecule has 1 unspecified atom stereocenters. The monoisotopic (exact) mass is 302 g/mol. The topological polar surface area (TPSA) is 95.9 Å². The van der Waals surface area contributed by atoms with Crippen molar-refractivity contribution < 1.29 is 24.2 Å². The van der Waals surface area contributed by atoms with Gasteiger partial charge in [-0.3, -0.25) is 9.59 Å². The van der Waals surface area contributed by atoms with E-state index in [2.05, 4.69) is 5.32 Å². The van der Waals surface area contributed by atoms with Gasteiger partial charge in [0.1, 0.15) is 6.54 Å². The Morgan fingerprint density at radius 2 is 1.90 bits per heavy atom. The number of carboxylic acid groups (broad SMARTS) is 1. The molecule has 0 aromatic rings. The van der Waals surface area contributed by atoms with Crippen molar-refractivity contribution in [2.75, 3.05) is 26.7 Å². The minimum Gasteiger partial charge on any atom is -0.481 e. The van der Waals surface area contributed by atoms with Crippen molar-refractivity contribution in [2.24, 2.45) is 5.92 Å². The molecule has 0 spiro atoms. The summed E-state index contributed by atoms with van der Waals surface area (Å²) in [5.41, 5.74) is 0. The SMILES string of the molecule is CCOC(=O)CN(C)C(=O)NCCC(CC)CCC(=O)O. The third-order valence-corrected chi connectivity index (χ3v) is 3.19. The molecular weight excluding hydrogens is 276 g/mol. The summed E-state index contributed by atoms with van der Waals surface area (Å²) in [7, 11) is 1.52. The molecule has 7 heteroatoms. The number of carbonyl (C=O) groups is 3. The largest absolute Gasteiger partial charge is 0.481 e. The molecule has 0 aromatic heterocycles. The Kier molecular flexibility index (Phi) is 10.0. The number of carbonyl (C=O) groups excluding carboxylic acids is 2. The number of esters is 1. The molecule has 0 saturated carbocycles. The third-order valence-electron chi connectivity index (χ3n) is 3.19. The van der Waals surface area contributed by atoms with E-state index in [1.807, 2.05) is 6.92 Å². The van der Waals surface area contributed by atoms with Crippen molar-refractivity contribution in [2.45, 2.75) is 39.5 Å². The quantitative estimate of drug-likeness (QED) is 0.596. The molecule has 0 radical (unpaired) electrons. The minimum atomic E-state index is -0.799. The number of carboxylic acids is 1. The van der Waals surface area contributed by atoms with Crippen molar-refractivity contribution in [1.29, 1.82) is 0 Å². The summed E-state index contributed by atoms with van der Waals surface area (Å²) in [6.07, 6.45) is 2.36. The highest BCUT2D eigenvalue weighted by molar-refractivity contribution is 5.80. The van der Waals surface area contributed by atoms with Gasteiger partial charge in [-0.05, 0) is 25.7 Å². The van der Waals surface area contributed by atoms with E-state index in [0.29, 0.717) is 13.0 Å². The number of amides is 2. The van der Waals surface area contributed by atoms with Crippen LogP contribution in [0.3, 0.4) is 0 Å². The second-order valence-electron chi connectivity index (χ2n) is 4.89. The molecule has 0 bridgehead atoms.